The molecular weight excluding hydrogens is 472 g/mol. The van der Waals surface area contributed by atoms with Crippen molar-refractivity contribution in [2.24, 2.45) is 35.3 Å². The molecule has 4 aliphatic carbocycles. The number of aliphatic hydroxyl groups is 1. The molecule has 5 fully saturated rings. The molecule has 5 heteroatoms. The minimum absolute atomic E-state index is 0.0743. The van der Waals surface area contributed by atoms with E-state index in [9.17, 15) is 10.2 Å². The number of hydrogen-bond donors (Lipinski definition) is 4. The summed E-state index contributed by atoms with van der Waals surface area (Å²) in [5.74, 6) is 9.38. The second-order valence-electron chi connectivity index (χ2n) is 13.5. The number of phenols is 1. The molecule has 7 atom stereocenters. The summed E-state index contributed by atoms with van der Waals surface area (Å²) in [6.07, 6.45) is 14.2. The second kappa shape index (κ2) is 10.1. The maximum absolute atomic E-state index is 10.6. The number of aliphatic hydroxyl groups excluding tert-OH is 1. The Hall–Kier alpha value is -1.58. The lowest BCUT2D eigenvalue weighted by molar-refractivity contribution is -0.326. The lowest BCUT2D eigenvalue weighted by Gasteiger charge is -2.70. The highest BCUT2D eigenvalue weighted by molar-refractivity contribution is 5.44. The SMILES string of the molecule is CNCc1cc(O)cc2c1C[C@H]1CCC[C@H](C1)[C@]13CC[C@H]([C@@](N)(CCO)[C@H]1C#CC2)[C@@](C)(C1CCCC1)O3. The molecule has 5 N–H and O–H groups in total. The Bertz CT molecular complexity index is 1100. The van der Waals surface area contributed by atoms with Crippen molar-refractivity contribution in [1.82, 2.24) is 5.32 Å². The van der Waals surface area contributed by atoms with Crippen LogP contribution in [-0.4, -0.2) is 40.6 Å². The van der Waals surface area contributed by atoms with E-state index in [1.807, 2.05) is 19.2 Å². The zero-order chi connectivity index (χ0) is 26.5. The van der Waals surface area contributed by atoms with Gasteiger partial charge >= 0.3 is 0 Å². The Labute approximate surface area is 229 Å². The maximum Gasteiger partial charge on any atom is 0.116 e. The van der Waals surface area contributed by atoms with Crippen LogP contribution >= 0.6 is 0 Å². The molecule has 208 valence electrons. The van der Waals surface area contributed by atoms with E-state index < -0.39 is 5.54 Å². The third-order valence-electron chi connectivity index (χ3n) is 11.6. The van der Waals surface area contributed by atoms with Gasteiger partial charge < -0.3 is 26.0 Å². The summed E-state index contributed by atoms with van der Waals surface area (Å²) >= 11 is 0. The van der Waals surface area contributed by atoms with Crippen LogP contribution in [0.25, 0.3) is 0 Å². The molecule has 1 spiro atoms. The number of ether oxygens (including phenoxy) is 1. The normalized spacial score (nSPS) is 40.5. The summed E-state index contributed by atoms with van der Waals surface area (Å²) in [6.45, 7) is 3.23. The number of rotatable bonds is 5. The summed E-state index contributed by atoms with van der Waals surface area (Å²) in [6, 6.07) is 3.87. The van der Waals surface area contributed by atoms with Gasteiger partial charge in [-0.1, -0.05) is 37.5 Å². The summed E-state index contributed by atoms with van der Waals surface area (Å²) < 4.78 is 7.59. The minimum Gasteiger partial charge on any atom is -0.508 e. The molecule has 2 heterocycles. The number of nitrogens with two attached hydrogens (primary N) is 1. The van der Waals surface area contributed by atoms with Crippen molar-refractivity contribution in [1.29, 1.82) is 0 Å². The number of aromatic hydroxyl groups is 1. The molecule has 6 aliphatic rings. The smallest absolute Gasteiger partial charge is 0.116 e. The second-order valence-corrected chi connectivity index (χ2v) is 13.5. The lowest BCUT2D eigenvalue weighted by Crippen LogP contribution is -2.78. The molecule has 4 bridgehead atoms. The molecule has 2 saturated heterocycles. The topological polar surface area (TPSA) is 87.7 Å². The van der Waals surface area contributed by atoms with Crippen molar-refractivity contribution >= 4 is 0 Å². The summed E-state index contributed by atoms with van der Waals surface area (Å²) in [7, 11) is 1.97. The molecule has 1 aromatic carbocycles. The van der Waals surface area contributed by atoms with Crippen LogP contribution in [0.15, 0.2) is 12.1 Å². The van der Waals surface area contributed by atoms with Gasteiger partial charge in [-0.3, -0.25) is 0 Å². The first-order chi connectivity index (χ1) is 18.3. The molecule has 7 rings (SSSR count). The van der Waals surface area contributed by atoms with Gasteiger partial charge in [0.05, 0.1) is 17.1 Å². The van der Waals surface area contributed by atoms with E-state index in [1.165, 1.54) is 56.1 Å². The van der Waals surface area contributed by atoms with Crippen molar-refractivity contribution < 1.29 is 14.9 Å². The summed E-state index contributed by atoms with van der Waals surface area (Å²) in [4.78, 5) is 0. The fraction of sp³-hybridized carbons (Fsp3) is 0.758. The predicted octanol–water partition coefficient (Wildman–Crippen LogP) is 4.84. The predicted molar refractivity (Wildman–Crippen MR) is 151 cm³/mol. The zero-order valence-corrected chi connectivity index (χ0v) is 23.5. The third kappa shape index (κ3) is 4.14. The first-order valence-electron chi connectivity index (χ1n) is 15.4. The van der Waals surface area contributed by atoms with Gasteiger partial charge in [0.2, 0.25) is 0 Å². The van der Waals surface area contributed by atoms with Gasteiger partial charge in [0.1, 0.15) is 5.75 Å². The van der Waals surface area contributed by atoms with Crippen LogP contribution in [0.2, 0.25) is 0 Å². The van der Waals surface area contributed by atoms with Gasteiger partial charge in [0.15, 0.2) is 0 Å². The highest BCUT2D eigenvalue weighted by Crippen LogP contribution is 2.65. The van der Waals surface area contributed by atoms with Crippen LogP contribution in [0.3, 0.4) is 0 Å². The molecular formula is C33H48N2O3. The van der Waals surface area contributed by atoms with Gasteiger partial charge in [0, 0.05) is 31.0 Å². The zero-order valence-electron chi connectivity index (χ0n) is 23.5. The van der Waals surface area contributed by atoms with Gasteiger partial charge in [-0.2, -0.15) is 0 Å². The molecule has 3 saturated carbocycles. The van der Waals surface area contributed by atoms with Crippen LogP contribution in [0.4, 0.5) is 0 Å². The molecule has 0 aromatic heterocycles. The van der Waals surface area contributed by atoms with Gasteiger partial charge in [-0.05, 0) is 112 Å². The number of fused-ring (bicyclic) bond motifs is 5. The van der Waals surface area contributed by atoms with E-state index >= 15 is 0 Å². The number of phenolic OH excluding ortho intramolecular Hbond substituents is 1. The van der Waals surface area contributed by atoms with E-state index in [4.69, 9.17) is 10.5 Å². The average molecular weight is 521 g/mol. The monoisotopic (exact) mass is 520 g/mol. The van der Waals surface area contributed by atoms with Crippen molar-refractivity contribution in [3.63, 3.8) is 0 Å². The summed E-state index contributed by atoms with van der Waals surface area (Å²) in [5, 5.41) is 24.2. The van der Waals surface area contributed by atoms with E-state index in [2.05, 4.69) is 24.1 Å². The van der Waals surface area contributed by atoms with Crippen molar-refractivity contribution in [3.8, 4) is 17.6 Å². The van der Waals surface area contributed by atoms with E-state index in [0.717, 1.165) is 37.8 Å². The Morgan fingerprint density at radius 3 is 2.66 bits per heavy atom. The first-order valence-corrected chi connectivity index (χ1v) is 15.4. The Balaban J connectivity index is 1.48. The maximum atomic E-state index is 10.6. The molecule has 0 unspecified atom stereocenters. The van der Waals surface area contributed by atoms with Crippen molar-refractivity contribution in [3.05, 3.63) is 28.8 Å². The van der Waals surface area contributed by atoms with E-state index in [0.29, 0.717) is 36.3 Å². The van der Waals surface area contributed by atoms with Crippen LogP contribution < -0.4 is 11.1 Å². The van der Waals surface area contributed by atoms with Gasteiger partial charge in [0.25, 0.3) is 0 Å². The molecule has 0 amide bonds. The molecule has 5 nitrogen and oxygen atoms in total. The fourth-order valence-electron chi connectivity index (χ4n) is 10.0. The Kier molecular flexibility index (Phi) is 7.09. The summed E-state index contributed by atoms with van der Waals surface area (Å²) in [5.41, 5.74) is 10.2. The van der Waals surface area contributed by atoms with Crippen LogP contribution in [0.5, 0.6) is 5.75 Å². The number of hydrogen-bond acceptors (Lipinski definition) is 5. The first kappa shape index (κ1) is 26.6. The average Bonchev–Trinajstić information content (AvgIpc) is 3.44. The van der Waals surface area contributed by atoms with Crippen LogP contribution in [0, 0.1) is 41.4 Å². The fourth-order valence-corrected chi connectivity index (χ4v) is 10.0. The number of nitrogens with one attached hydrogen (secondary N) is 1. The van der Waals surface area contributed by atoms with E-state index in [1.54, 1.807) is 0 Å². The molecule has 2 aliphatic heterocycles. The Morgan fingerprint density at radius 1 is 1.11 bits per heavy atom. The third-order valence-corrected chi connectivity index (χ3v) is 11.6. The van der Waals surface area contributed by atoms with Crippen molar-refractivity contribution in [2.75, 3.05) is 13.7 Å². The standard InChI is InChI=1S/C33H48N2O3/c1-31(25-9-3-4-10-25)29-13-14-33(38-31)26-11-5-7-22(17-26)18-28-23(19-27(37)20-24(28)21-35-2)8-6-12-30(33)32(29,34)15-16-36/h19-20,22,25-26,29-30,35-37H,3-5,7-11,13-18,21,34H2,1-2H3/t22-,26+,29-,30+,31+,32-,33+/m0/s1. The minimum atomic E-state index is -0.546. The molecule has 0 radical (unpaired) electrons. The molecule has 1 aromatic rings. The van der Waals surface area contributed by atoms with Crippen LogP contribution in [0.1, 0.15) is 94.2 Å². The Morgan fingerprint density at radius 2 is 1.89 bits per heavy atom. The van der Waals surface area contributed by atoms with Gasteiger partial charge in [-0.15, -0.1) is 0 Å². The van der Waals surface area contributed by atoms with Gasteiger partial charge in [-0.25, -0.2) is 0 Å². The lowest BCUT2D eigenvalue weighted by atomic mass is 9.47. The van der Waals surface area contributed by atoms with Crippen molar-refractivity contribution in [2.45, 2.75) is 114 Å². The number of benzene rings is 1. The highest BCUT2D eigenvalue weighted by Gasteiger charge is 2.70. The largest absolute Gasteiger partial charge is 0.508 e. The van der Waals surface area contributed by atoms with E-state index in [-0.39, 0.29) is 29.6 Å². The quantitative estimate of drug-likeness (QED) is 0.417. The highest BCUT2D eigenvalue weighted by atomic mass is 16.5. The molecule has 38 heavy (non-hydrogen) atoms. The van der Waals surface area contributed by atoms with Crippen LogP contribution in [-0.2, 0) is 24.1 Å².